The summed E-state index contributed by atoms with van der Waals surface area (Å²) in [6.07, 6.45) is 19.4. The Labute approximate surface area is 260 Å². The Morgan fingerprint density at radius 1 is 0.744 bits per heavy atom. The third-order valence-corrected chi connectivity index (χ3v) is 7.60. The van der Waals surface area contributed by atoms with Crippen LogP contribution in [0, 0.1) is 0 Å². The summed E-state index contributed by atoms with van der Waals surface area (Å²) < 4.78 is 22.5. The van der Waals surface area contributed by atoms with Crippen molar-refractivity contribution >= 4 is 5.97 Å². The molecule has 1 fully saturated rings. The van der Waals surface area contributed by atoms with Crippen LogP contribution in [0.2, 0.25) is 0 Å². The van der Waals surface area contributed by atoms with E-state index in [1.165, 1.54) is 44.9 Å². The first-order chi connectivity index (χ1) is 20.9. The lowest BCUT2D eigenvalue weighted by atomic mass is 9.99. The molecule has 1 heterocycles. The minimum absolute atomic E-state index is 0.117. The zero-order valence-electron chi connectivity index (χ0n) is 27.0. The topological polar surface area (TPSA) is 135 Å². The van der Waals surface area contributed by atoms with E-state index in [1.54, 1.807) is 0 Å². The highest BCUT2D eigenvalue weighted by molar-refractivity contribution is 5.69. The summed E-state index contributed by atoms with van der Waals surface area (Å²) in [7, 11) is 0. The molecular weight excluding hydrogens is 552 g/mol. The Morgan fingerprint density at radius 3 is 2.09 bits per heavy atom. The minimum atomic E-state index is -1.53. The first-order valence-corrected chi connectivity index (χ1v) is 16.9. The molecular formula is C34H62O9. The van der Waals surface area contributed by atoms with Crippen molar-refractivity contribution in [3.05, 3.63) is 24.3 Å². The number of hydrogen-bond acceptors (Lipinski definition) is 9. The van der Waals surface area contributed by atoms with Crippen LogP contribution in [-0.2, 0) is 23.7 Å². The number of allylic oxidation sites excluding steroid dienone is 4. The third-order valence-electron chi connectivity index (χ3n) is 7.60. The normalized spacial score (nSPS) is 23.3. The van der Waals surface area contributed by atoms with Crippen molar-refractivity contribution in [2.45, 2.75) is 160 Å². The van der Waals surface area contributed by atoms with Gasteiger partial charge >= 0.3 is 5.97 Å². The second kappa shape index (κ2) is 27.0. The number of carbonyl (C=O) groups excluding carboxylic acids is 1. The average molecular weight is 615 g/mol. The summed E-state index contributed by atoms with van der Waals surface area (Å²) in [5.74, 6) is -0.329. The highest BCUT2D eigenvalue weighted by Gasteiger charge is 2.44. The van der Waals surface area contributed by atoms with E-state index >= 15 is 0 Å². The molecule has 0 radical (unpaired) electrons. The molecule has 0 bridgehead atoms. The van der Waals surface area contributed by atoms with Gasteiger partial charge in [0.15, 0.2) is 6.29 Å². The summed E-state index contributed by atoms with van der Waals surface area (Å²) in [4.78, 5) is 12.5. The van der Waals surface area contributed by atoms with E-state index in [1.807, 2.05) is 0 Å². The van der Waals surface area contributed by atoms with Gasteiger partial charge in [0.2, 0.25) is 0 Å². The Bertz CT molecular complexity index is 712. The van der Waals surface area contributed by atoms with Gasteiger partial charge < -0.3 is 39.4 Å². The molecule has 0 aromatic rings. The van der Waals surface area contributed by atoms with Crippen LogP contribution < -0.4 is 0 Å². The molecule has 0 amide bonds. The van der Waals surface area contributed by atoms with Gasteiger partial charge in [0.05, 0.1) is 19.8 Å². The van der Waals surface area contributed by atoms with Gasteiger partial charge in [-0.15, -0.1) is 0 Å². The molecule has 0 aromatic heterocycles. The number of aliphatic hydroxyl groups is 4. The highest BCUT2D eigenvalue weighted by Crippen LogP contribution is 2.22. The van der Waals surface area contributed by atoms with Crippen molar-refractivity contribution in [3.63, 3.8) is 0 Å². The summed E-state index contributed by atoms with van der Waals surface area (Å²) in [6, 6.07) is 0. The van der Waals surface area contributed by atoms with E-state index in [4.69, 9.17) is 18.9 Å². The standard InChI is InChI=1S/C34H62O9/c1-3-5-7-9-11-12-13-14-15-16-17-18-20-22-24-40-26-28(42-30(36)23-21-19-10-8-6-4-2)27-41-34-33(39)32(38)31(37)29(25-35)43-34/h7,9,12-13,28-29,31-35,37-39H,3-6,8,10-11,14-27H2,1-2H3/b9-7-,13-12-. The number of aliphatic hydroxyl groups excluding tert-OH is 4. The van der Waals surface area contributed by atoms with Gasteiger partial charge in [0.1, 0.15) is 30.5 Å². The Hall–Kier alpha value is -1.33. The number of ether oxygens (including phenoxy) is 4. The van der Waals surface area contributed by atoms with Crippen molar-refractivity contribution in [2.24, 2.45) is 0 Å². The summed E-state index contributed by atoms with van der Waals surface area (Å²) in [5.41, 5.74) is 0. The molecule has 1 aliphatic heterocycles. The van der Waals surface area contributed by atoms with E-state index in [9.17, 15) is 25.2 Å². The SMILES string of the molecule is CCC/C=C\C/C=C\CCCCCCCCOCC(COC1OC(CO)C(O)C(O)C1O)OC(=O)CCCCCCCC. The molecule has 9 heteroatoms. The fourth-order valence-electron chi connectivity index (χ4n) is 4.88. The van der Waals surface area contributed by atoms with Gasteiger partial charge in [-0.25, -0.2) is 0 Å². The third kappa shape index (κ3) is 19.6. The van der Waals surface area contributed by atoms with Crippen molar-refractivity contribution in [1.82, 2.24) is 0 Å². The van der Waals surface area contributed by atoms with Crippen LogP contribution in [0.25, 0.3) is 0 Å². The highest BCUT2D eigenvalue weighted by atomic mass is 16.7. The molecule has 4 N–H and O–H groups in total. The zero-order valence-corrected chi connectivity index (χ0v) is 27.0. The number of unbranched alkanes of at least 4 members (excludes halogenated alkanes) is 12. The molecule has 1 aliphatic rings. The smallest absolute Gasteiger partial charge is 0.306 e. The van der Waals surface area contributed by atoms with E-state index in [2.05, 4.69) is 38.2 Å². The minimum Gasteiger partial charge on any atom is -0.457 e. The van der Waals surface area contributed by atoms with Gasteiger partial charge in [0, 0.05) is 13.0 Å². The monoisotopic (exact) mass is 614 g/mol. The predicted octanol–water partition coefficient (Wildman–Crippen LogP) is 5.52. The molecule has 6 atom stereocenters. The Morgan fingerprint density at radius 2 is 1.40 bits per heavy atom. The van der Waals surface area contributed by atoms with Crippen molar-refractivity contribution in [1.29, 1.82) is 0 Å². The first-order valence-electron chi connectivity index (χ1n) is 16.9. The zero-order chi connectivity index (χ0) is 31.5. The number of carbonyl (C=O) groups is 1. The lowest BCUT2D eigenvalue weighted by molar-refractivity contribution is -0.305. The van der Waals surface area contributed by atoms with Gasteiger partial charge in [-0.1, -0.05) is 102 Å². The molecule has 6 unspecified atom stereocenters. The molecule has 1 rings (SSSR count). The molecule has 0 aliphatic carbocycles. The van der Waals surface area contributed by atoms with E-state index in [-0.39, 0.29) is 19.2 Å². The summed E-state index contributed by atoms with van der Waals surface area (Å²) in [5, 5.41) is 39.7. The fraction of sp³-hybridized carbons (Fsp3) is 0.853. The lowest BCUT2D eigenvalue weighted by Gasteiger charge is -2.39. The quantitative estimate of drug-likeness (QED) is 0.0536. The van der Waals surface area contributed by atoms with E-state index < -0.39 is 43.4 Å². The molecule has 0 aromatic carbocycles. The van der Waals surface area contributed by atoms with Crippen LogP contribution in [0.3, 0.4) is 0 Å². The molecule has 0 saturated carbocycles. The Kier molecular flexibility index (Phi) is 24.9. The van der Waals surface area contributed by atoms with E-state index in [0.29, 0.717) is 13.0 Å². The van der Waals surface area contributed by atoms with Crippen LogP contribution in [0.4, 0.5) is 0 Å². The molecule has 43 heavy (non-hydrogen) atoms. The van der Waals surface area contributed by atoms with Crippen molar-refractivity contribution in [3.8, 4) is 0 Å². The number of esters is 1. The molecule has 1 saturated heterocycles. The summed E-state index contributed by atoms with van der Waals surface area (Å²) >= 11 is 0. The first kappa shape index (κ1) is 39.7. The van der Waals surface area contributed by atoms with E-state index in [0.717, 1.165) is 57.8 Å². The van der Waals surface area contributed by atoms with Crippen molar-refractivity contribution in [2.75, 3.05) is 26.4 Å². The van der Waals surface area contributed by atoms with Crippen LogP contribution in [0.15, 0.2) is 24.3 Å². The van der Waals surface area contributed by atoms with Gasteiger partial charge in [-0.3, -0.25) is 4.79 Å². The maximum atomic E-state index is 12.5. The van der Waals surface area contributed by atoms with Crippen LogP contribution >= 0.6 is 0 Å². The predicted molar refractivity (Wildman–Crippen MR) is 169 cm³/mol. The summed E-state index contributed by atoms with van der Waals surface area (Å²) in [6.45, 7) is 4.38. The number of hydrogen-bond donors (Lipinski definition) is 4. The molecule has 252 valence electrons. The average Bonchev–Trinajstić information content (AvgIpc) is 3.00. The second-order valence-electron chi connectivity index (χ2n) is 11.6. The largest absolute Gasteiger partial charge is 0.457 e. The number of rotatable bonds is 27. The van der Waals surface area contributed by atoms with Crippen LogP contribution in [0.1, 0.15) is 123 Å². The second-order valence-corrected chi connectivity index (χ2v) is 11.6. The lowest BCUT2D eigenvalue weighted by Crippen LogP contribution is -2.59. The van der Waals surface area contributed by atoms with Gasteiger partial charge in [0.25, 0.3) is 0 Å². The Balaban J connectivity index is 2.34. The van der Waals surface area contributed by atoms with Crippen LogP contribution in [-0.4, -0.2) is 89.6 Å². The van der Waals surface area contributed by atoms with Gasteiger partial charge in [-0.2, -0.15) is 0 Å². The molecule has 0 spiro atoms. The maximum Gasteiger partial charge on any atom is 0.306 e. The van der Waals surface area contributed by atoms with Crippen LogP contribution in [0.5, 0.6) is 0 Å². The van der Waals surface area contributed by atoms with Gasteiger partial charge in [-0.05, 0) is 38.5 Å². The fourth-order valence-corrected chi connectivity index (χ4v) is 4.88. The maximum absolute atomic E-state index is 12.5. The van der Waals surface area contributed by atoms with Crippen molar-refractivity contribution < 1.29 is 44.2 Å². The molecule has 9 nitrogen and oxygen atoms in total.